The van der Waals surface area contributed by atoms with Gasteiger partial charge in [0.25, 0.3) is 0 Å². The van der Waals surface area contributed by atoms with Gasteiger partial charge in [0.15, 0.2) is 0 Å². The standard InChI is InChI=1S/C25H28N2O2/c1-18-8-9-24-22(15-18)23(16-25(28)29-24)26-21-10-12-27(13-11-21)17-19(2)14-20-6-4-3-5-7-20/h3-9,14-16,21,26H,10-13,17H2,1-2H3. The first-order valence-corrected chi connectivity index (χ1v) is 10.3. The summed E-state index contributed by atoms with van der Waals surface area (Å²) in [5, 5.41) is 4.58. The lowest BCUT2D eigenvalue weighted by Crippen LogP contribution is -2.39. The Balaban J connectivity index is 1.38. The van der Waals surface area contributed by atoms with Crippen molar-refractivity contribution in [3.63, 3.8) is 0 Å². The number of nitrogens with zero attached hydrogens (tertiary/aromatic N) is 1. The summed E-state index contributed by atoms with van der Waals surface area (Å²) in [6, 6.07) is 18.4. The van der Waals surface area contributed by atoms with Crippen LogP contribution in [0.1, 0.15) is 30.9 Å². The summed E-state index contributed by atoms with van der Waals surface area (Å²) in [5.41, 5.74) is 5.02. The lowest BCUT2D eigenvalue weighted by Gasteiger charge is -2.33. The molecule has 1 aliphatic rings. The molecule has 0 saturated carbocycles. The zero-order valence-electron chi connectivity index (χ0n) is 17.2. The summed E-state index contributed by atoms with van der Waals surface area (Å²) >= 11 is 0. The molecule has 0 atom stereocenters. The third-order valence-electron chi connectivity index (χ3n) is 5.53. The maximum Gasteiger partial charge on any atom is 0.338 e. The zero-order valence-corrected chi connectivity index (χ0v) is 17.2. The van der Waals surface area contributed by atoms with E-state index in [9.17, 15) is 4.79 Å². The van der Waals surface area contributed by atoms with E-state index in [1.54, 1.807) is 6.07 Å². The summed E-state index contributed by atoms with van der Waals surface area (Å²) < 4.78 is 5.35. The number of piperidine rings is 1. The topological polar surface area (TPSA) is 45.5 Å². The van der Waals surface area contributed by atoms with Crippen LogP contribution in [0.3, 0.4) is 0 Å². The van der Waals surface area contributed by atoms with Crippen molar-refractivity contribution in [1.82, 2.24) is 4.90 Å². The van der Waals surface area contributed by atoms with Gasteiger partial charge >= 0.3 is 5.63 Å². The molecule has 0 aliphatic carbocycles. The molecule has 0 radical (unpaired) electrons. The molecule has 0 amide bonds. The fraction of sp³-hybridized carbons (Fsp3) is 0.320. The molecule has 4 nitrogen and oxygen atoms in total. The van der Waals surface area contributed by atoms with Crippen molar-refractivity contribution < 1.29 is 4.42 Å². The summed E-state index contributed by atoms with van der Waals surface area (Å²) in [7, 11) is 0. The van der Waals surface area contributed by atoms with Crippen LogP contribution in [0.25, 0.3) is 17.0 Å². The molecule has 1 fully saturated rings. The molecule has 2 heterocycles. The fourth-order valence-corrected chi connectivity index (χ4v) is 4.08. The summed E-state index contributed by atoms with van der Waals surface area (Å²) in [6.45, 7) is 7.36. The van der Waals surface area contributed by atoms with Gasteiger partial charge in [-0.25, -0.2) is 4.79 Å². The van der Waals surface area contributed by atoms with E-state index >= 15 is 0 Å². The van der Waals surface area contributed by atoms with Gasteiger partial charge in [-0.1, -0.05) is 53.6 Å². The number of benzene rings is 2. The molecule has 0 unspecified atom stereocenters. The van der Waals surface area contributed by atoms with Gasteiger partial charge in [-0.05, 0) is 44.4 Å². The molecule has 1 aromatic heterocycles. The molecule has 4 heteroatoms. The molecule has 150 valence electrons. The molecule has 29 heavy (non-hydrogen) atoms. The van der Waals surface area contributed by atoms with Crippen LogP contribution in [0, 0.1) is 6.92 Å². The molecule has 3 aromatic rings. The third-order valence-corrected chi connectivity index (χ3v) is 5.53. The largest absolute Gasteiger partial charge is 0.423 e. The highest BCUT2D eigenvalue weighted by atomic mass is 16.4. The summed E-state index contributed by atoms with van der Waals surface area (Å²) in [5.74, 6) is 0. The first-order chi connectivity index (χ1) is 14.1. The lowest BCUT2D eigenvalue weighted by atomic mass is 10.0. The highest BCUT2D eigenvalue weighted by Crippen LogP contribution is 2.25. The summed E-state index contributed by atoms with van der Waals surface area (Å²) in [4.78, 5) is 14.4. The van der Waals surface area contributed by atoms with Crippen LogP contribution in [0.15, 0.2) is 69.4 Å². The average Bonchev–Trinajstić information content (AvgIpc) is 2.70. The van der Waals surface area contributed by atoms with Crippen molar-refractivity contribution in [1.29, 1.82) is 0 Å². The normalized spacial score (nSPS) is 16.3. The van der Waals surface area contributed by atoms with Crippen LogP contribution in [0.5, 0.6) is 0 Å². The van der Waals surface area contributed by atoms with Crippen LogP contribution in [-0.4, -0.2) is 30.6 Å². The Morgan fingerprint density at radius 2 is 1.90 bits per heavy atom. The molecule has 0 bridgehead atoms. The van der Waals surface area contributed by atoms with E-state index in [1.165, 1.54) is 11.1 Å². The lowest BCUT2D eigenvalue weighted by molar-refractivity contribution is 0.236. The molecule has 4 rings (SSSR count). The van der Waals surface area contributed by atoms with Gasteiger partial charge in [-0.2, -0.15) is 0 Å². The maximum atomic E-state index is 11.9. The van der Waals surface area contributed by atoms with Crippen LogP contribution >= 0.6 is 0 Å². The van der Waals surface area contributed by atoms with Gasteiger partial charge in [0, 0.05) is 37.1 Å². The summed E-state index contributed by atoms with van der Waals surface area (Å²) in [6.07, 6.45) is 4.39. The van der Waals surface area contributed by atoms with Crippen LogP contribution < -0.4 is 10.9 Å². The molecule has 2 aromatic carbocycles. The Morgan fingerprint density at radius 1 is 1.14 bits per heavy atom. The number of rotatable bonds is 5. The van der Waals surface area contributed by atoms with Gasteiger partial charge in [0.05, 0.1) is 5.69 Å². The highest BCUT2D eigenvalue weighted by molar-refractivity contribution is 5.90. The Bertz CT molecular complexity index is 1060. The van der Waals surface area contributed by atoms with E-state index in [4.69, 9.17) is 4.42 Å². The predicted molar refractivity (Wildman–Crippen MR) is 120 cm³/mol. The smallest absolute Gasteiger partial charge is 0.338 e. The van der Waals surface area contributed by atoms with Crippen molar-refractivity contribution in [2.24, 2.45) is 0 Å². The van der Waals surface area contributed by atoms with Gasteiger partial charge < -0.3 is 9.73 Å². The van der Waals surface area contributed by atoms with Gasteiger partial charge in [-0.15, -0.1) is 0 Å². The minimum absolute atomic E-state index is 0.303. The monoisotopic (exact) mass is 388 g/mol. The molecular formula is C25H28N2O2. The molecule has 0 spiro atoms. The van der Waals surface area contributed by atoms with Gasteiger partial charge in [0.1, 0.15) is 5.58 Å². The number of fused-ring (bicyclic) bond motifs is 1. The van der Waals surface area contributed by atoms with Crippen molar-refractivity contribution in [3.8, 4) is 0 Å². The number of anilines is 1. The molecule has 1 N–H and O–H groups in total. The SMILES string of the molecule is CC(=Cc1ccccc1)CN1CCC(Nc2cc(=O)oc3ccc(C)cc23)CC1. The predicted octanol–water partition coefficient (Wildman–Crippen LogP) is 5.08. The minimum Gasteiger partial charge on any atom is -0.423 e. The first kappa shape index (κ1) is 19.5. The third kappa shape index (κ3) is 4.96. The van der Waals surface area contributed by atoms with Crippen molar-refractivity contribution in [2.75, 3.05) is 25.0 Å². The Morgan fingerprint density at radius 3 is 2.66 bits per heavy atom. The Labute approximate surface area is 171 Å². The fourth-order valence-electron chi connectivity index (χ4n) is 4.08. The van der Waals surface area contributed by atoms with E-state index < -0.39 is 0 Å². The minimum atomic E-state index is -0.303. The van der Waals surface area contributed by atoms with E-state index in [1.807, 2.05) is 18.2 Å². The van der Waals surface area contributed by atoms with Gasteiger partial charge in [0.2, 0.25) is 0 Å². The van der Waals surface area contributed by atoms with Gasteiger partial charge in [-0.3, -0.25) is 4.90 Å². The maximum absolute atomic E-state index is 11.9. The molecular weight excluding hydrogens is 360 g/mol. The van der Waals surface area contributed by atoms with E-state index in [-0.39, 0.29) is 5.63 Å². The average molecular weight is 389 g/mol. The molecule has 1 saturated heterocycles. The number of likely N-dealkylation sites (tertiary alicyclic amines) is 1. The molecule has 1 aliphatic heterocycles. The number of nitrogens with one attached hydrogen (secondary N) is 1. The second-order valence-electron chi connectivity index (χ2n) is 8.07. The van der Waals surface area contributed by atoms with E-state index in [2.05, 4.69) is 60.5 Å². The van der Waals surface area contributed by atoms with E-state index in [0.717, 1.165) is 49.1 Å². The number of hydrogen-bond donors (Lipinski definition) is 1. The number of hydrogen-bond acceptors (Lipinski definition) is 4. The second kappa shape index (κ2) is 8.66. The van der Waals surface area contributed by atoms with E-state index in [0.29, 0.717) is 11.6 Å². The van der Waals surface area contributed by atoms with Crippen molar-refractivity contribution in [2.45, 2.75) is 32.7 Å². The number of aryl methyl sites for hydroxylation is 1. The second-order valence-corrected chi connectivity index (χ2v) is 8.07. The Hall–Kier alpha value is -2.85. The first-order valence-electron chi connectivity index (χ1n) is 10.3. The van der Waals surface area contributed by atoms with Crippen LogP contribution in [0.4, 0.5) is 5.69 Å². The quantitative estimate of drug-likeness (QED) is 0.619. The zero-order chi connectivity index (χ0) is 20.2. The van der Waals surface area contributed by atoms with Crippen molar-refractivity contribution in [3.05, 3.63) is 81.7 Å². The van der Waals surface area contributed by atoms with Crippen molar-refractivity contribution >= 4 is 22.7 Å². The van der Waals surface area contributed by atoms with Crippen LogP contribution in [-0.2, 0) is 0 Å². The van der Waals surface area contributed by atoms with Crippen LogP contribution in [0.2, 0.25) is 0 Å². The Kier molecular flexibility index (Phi) is 5.81. The highest BCUT2D eigenvalue weighted by Gasteiger charge is 2.20.